The average molecular weight is 468 g/mol. The predicted octanol–water partition coefficient (Wildman–Crippen LogP) is 2.55. The number of fused-ring (bicyclic) bond motifs is 2. The van der Waals surface area contributed by atoms with Crippen molar-refractivity contribution in [2.45, 2.75) is 36.0 Å². The number of ether oxygens (including phenoxy) is 2. The number of carbonyl (C=O) groups excluding carboxylic acids is 3. The van der Waals surface area contributed by atoms with Crippen LogP contribution in [-0.4, -0.2) is 54.3 Å². The van der Waals surface area contributed by atoms with Crippen LogP contribution in [0.3, 0.4) is 0 Å². The summed E-state index contributed by atoms with van der Waals surface area (Å²) in [6, 6.07) is 12.9. The third-order valence-electron chi connectivity index (χ3n) is 6.01. The molecule has 2 aromatic carbocycles. The SMILES string of the molecule is O=C(CN1C(=O)C(C(=O)N2CCCCC2)Sc2ccccc21)NCc1ccc2c(c1)OCO2. The minimum atomic E-state index is -0.861. The normalized spacial score (nSPS) is 19.3. The number of nitrogens with zero attached hydrogens (tertiary/aromatic N) is 2. The summed E-state index contributed by atoms with van der Waals surface area (Å²) in [5.74, 6) is 0.532. The molecule has 1 N–H and O–H groups in total. The summed E-state index contributed by atoms with van der Waals surface area (Å²) in [4.78, 5) is 43.3. The van der Waals surface area contributed by atoms with Crippen LogP contribution in [0.15, 0.2) is 47.4 Å². The van der Waals surface area contributed by atoms with Crippen LogP contribution in [-0.2, 0) is 20.9 Å². The Hall–Kier alpha value is -3.20. The van der Waals surface area contributed by atoms with Gasteiger partial charge in [-0.05, 0) is 49.1 Å². The van der Waals surface area contributed by atoms with Crippen LogP contribution in [0.25, 0.3) is 0 Å². The molecule has 0 aromatic heterocycles. The molecule has 3 heterocycles. The van der Waals surface area contributed by atoms with E-state index in [1.807, 2.05) is 42.5 Å². The second-order valence-corrected chi connectivity index (χ2v) is 9.39. The Morgan fingerprint density at radius 2 is 1.82 bits per heavy atom. The van der Waals surface area contributed by atoms with Crippen molar-refractivity contribution in [3.8, 4) is 11.5 Å². The third-order valence-corrected chi connectivity index (χ3v) is 7.25. The number of piperidine rings is 1. The number of hydrogen-bond donors (Lipinski definition) is 1. The van der Waals surface area contributed by atoms with Crippen molar-refractivity contribution in [2.75, 3.05) is 31.3 Å². The van der Waals surface area contributed by atoms with Gasteiger partial charge in [0.1, 0.15) is 6.54 Å². The van der Waals surface area contributed by atoms with Crippen LogP contribution >= 0.6 is 11.8 Å². The van der Waals surface area contributed by atoms with Gasteiger partial charge in [0, 0.05) is 24.5 Å². The number of rotatable bonds is 5. The van der Waals surface area contributed by atoms with Crippen molar-refractivity contribution in [1.82, 2.24) is 10.2 Å². The average Bonchev–Trinajstić information content (AvgIpc) is 3.32. The summed E-state index contributed by atoms with van der Waals surface area (Å²) in [5, 5.41) is 2.00. The van der Waals surface area contributed by atoms with Crippen LogP contribution < -0.4 is 19.7 Å². The molecular formula is C24H25N3O5S. The Morgan fingerprint density at radius 3 is 2.67 bits per heavy atom. The van der Waals surface area contributed by atoms with Gasteiger partial charge >= 0.3 is 0 Å². The van der Waals surface area contributed by atoms with Gasteiger partial charge in [0.05, 0.1) is 5.69 Å². The maximum absolute atomic E-state index is 13.4. The monoisotopic (exact) mass is 467 g/mol. The van der Waals surface area contributed by atoms with Crippen molar-refractivity contribution >= 4 is 35.2 Å². The maximum Gasteiger partial charge on any atom is 0.250 e. The molecule has 1 unspecified atom stereocenters. The number of anilines is 1. The van der Waals surface area contributed by atoms with E-state index in [1.54, 1.807) is 4.90 Å². The van der Waals surface area contributed by atoms with E-state index in [0.29, 0.717) is 36.8 Å². The fourth-order valence-corrected chi connectivity index (χ4v) is 5.46. The van der Waals surface area contributed by atoms with E-state index in [1.165, 1.54) is 16.7 Å². The first-order valence-corrected chi connectivity index (χ1v) is 12.0. The van der Waals surface area contributed by atoms with Gasteiger partial charge in [-0.15, -0.1) is 11.8 Å². The molecule has 5 rings (SSSR count). The standard InChI is InChI=1S/C24H25N3O5S/c28-21(25-13-16-8-9-18-19(12-16)32-15-31-18)14-27-17-6-2-3-7-20(17)33-22(24(27)30)23(29)26-10-4-1-5-11-26/h2-3,6-9,12,22H,1,4-5,10-11,13-15H2,(H,25,28). The minimum absolute atomic E-state index is 0.148. The number of nitrogens with one attached hydrogen (secondary N) is 1. The van der Waals surface area contributed by atoms with Crippen molar-refractivity contribution in [3.05, 3.63) is 48.0 Å². The molecule has 1 atom stereocenters. The highest BCUT2D eigenvalue weighted by Crippen LogP contribution is 2.40. The Bertz CT molecular complexity index is 1090. The van der Waals surface area contributed by atoms with Gasteiger partial charge < -0.3 is 24.6 Å². The molecule has 0 spiro atoms. The third kappa shape index (κ3) is 4.50. The number of hydrogen-bond acceptors (Lipinski definition) is 6. The number of amides is 3. The summed E-state index contributed by atoms with van der Waals surface area (Å²) in [6.45, 7) is 1.70. The van der Waals surface area contributed by atoms with Crippen LogP contribution in [0.1, 0.15) is 24.8 Å². The molecule has 1 saturated heterocycles. The van der Waals surface area contributed by atoms with Gasteiger partial charge in [0.25, 0.3) is 5.91 Å². The molecule has 0 aliphatic carbocycles. The Kier molecular flexibility index (Phi) is 6.13. The summed E-state index contributed by atoms with van der Waals surface area (Å²) >= 11 is 1.28. The fourth-order valence-electron chi connectivity index (χ4n) is 4.27. The molecule has 8 nitrogen and oxygen atoms in total. The van der Waals surface area contributed by atoms with E-state index in [4.69, 9.17) is 9.47 Å². The molecule has 3 amide bonds. The molecule has 0 saturated carbocycles. The zero-order valence-electron chi connectivity index (χ0n) is 18.1. The lowest BCUT2D eigenvalue weighted by Crippen LogP contribution is -2.52. The second-order valence-electron chi connectivity index (χ2n) is 8.24. The first kappa shape index (κ1) is 21.6. The molecular weight excluding hydrogens is 442 g/mol. The van der Waals surface area contributed by atoms with E-state index < -0.39 is 5.25 Å². The van der Waals surface area contributed by atoms with Gasteiger partial charge in [0.2, 0.25) is 18.6 Å². The summed E-state index contributed by atoms with van der Waals surface area (Å²) in [6.07, 6.45) is 3.02. The van der Waals surface area contributed by atoms with E-state index in [2.05, 4.69) is 5.32 Å². The highest BCUT2D eigenvalue weighted by atomic mass is 32.2. The Balaban J connectivity index is 1.28. The molecule has 1 fully saturated rings. The van der Waals surface area contributed by atoms with E-state index in [0.717, 1.165) is 29.7 Å². The molecule has 33 heavy (non-hydrogen) atoms. The zero-order chi connectivity index (χ0) is 22.8. The summed E-state index contributed by atoms with van der Waals surface area (Å²) < 4.78 is 10.7. The maximum atomic E-state index is 13.4. The topological polar surface area (TPSA) is 88.2 Å². The van der Waals surface area contributed by atoms with Gasteiger partial charge in [-0.2, -0.15) is 0 Å². The second kappa shape index (κ2) is 9.35. The van der Waals surface area contributed by atoms with E-state index in [9.17, 15) is 14.4 Å². The number of benzene rings is 2. The van der Waals surface area contributed by atoms with Gasteiger partial charge in [-0.1, -0.05) is 18.2 Å². The lowest BCUT2D eigenvalue weighted by molar-refractivity contribution is -0.135. The number of carbonyl (C=O) groups is 3. The molecule has 172 valence electrons. The predicted molar refractivity (Wildman–Crippen MR) is 123 cm³/mol. The smallest absolute Gasteiger partial charge is 0.250 e. The van der Waals surface area contributed by atoms with Crippen molar-refractivity contribution in [1.29, 1.82) is 0 Å². The van der Waals surface area contributed by atoms with E-state index in [-0.39, 0.29) is 31.1 Å². The van der Waals surface area contributed by atoms with Gasteiger partial charge in [-0.25, -0.2) is 0 Å². The molecule has 2 aromatic rings. The lowest BCUT2D eigenvalue weighted by Gasteiger charge is -2.36. The number of thioether (sulfide) groups is 1. The van der Waals surface area contributed by atoms with Gasteiger partial charge in [-0.3, -0.25) is 14.4 Å². The number of para-hydroxylation sites is 1. The highest BCUT2D eigenvalue weighted by Gasteiger charge is 2.40. The zero-order valence-corrected chi connectivity index (χ0v) is 18.9. The molecule has 9 heteroatoms. The minimum Gasteiger partial charge on any atom is -0.454 e. The largest absolute Gasteiger partial charge is 0.454 e. The molecule has 3 aliphatic heterocycles. The highest BCUT2D eigenvalue weighted by molar-refractivity contribution is 8.01. The summed E-state index contributed by atoms with van der Waals surface area (Å²) in [7, 11) is 0. The Labute approximate surface area is 196 Å². The van der Waals surface area contributed by atoms with E-state index >= 15 is 0 Å². The fraction of sp³-hybridized carbons (Fsp3) is 0.375. The van der Waals surface area contributed by atoms with Crippen molar-refractivity contribution in [2.24, 2.45) is 0 Å². The lowest BCUT2D eigenvalue weighted by atomic mass is 10.1. The Morgan fingerprint density at radius 1 is 1.03 bits per heavy atom. The molecule has 3 aliphatic rings. The first-order valence-electron chi connectivity index (χ1n) is 11.1. The quantitative estimate of drug-likeness (QED) is 0.680. The van der Waals surface area contributed by atoms with Crippen molar-refractivity contribution in [3.63, 3.8) is 0 Å². The van der Waals surface area contributed by atoms with Crippen LogP contribution in [0.2, 0.25) is 0 Å². The summed E-state index contributed by atoms with van der Waals surface area (Å²) in [5.41, 5.74) is 1.53. The van der Waals surface area contributed by atoms with Crippen LogP contribution in [0, 0.1) is 0 Å². The van der Waals surface area contributed by atoms with Crippen LogP contribution in [0.5, 0.6) is 11.5 Å². The van der Waals surface area contributed by atoms with Gasteiger partial charge in [0.15, 0.2) is 16.7 Å². The molecule has 0 radical (unpaired) electrons. The molecule has 0 bridgehead atoms. The first-order chi connectivity index (χ1) is 16.1. The van der Waals surface area contributed by atoms with Crippen LogP contribution in [0.4, 0.5) is 5.69 Å². The number of likely N-dealkylation sites (tertiary alicyclic amines) is 1. The van der Waals surface area contributed by atoms with Crippen molar-refractivity contribution < 1.29 is 23.9 Å².